The average Bonchev–Trinajstić information content (AvgIpc) is 3.21. The lowest BCUT2D eigenvalue weighted by Gasteiger charge is -2.25. The van der Waals surface area contributed by atoms with E-state index in [4.69, 9.17) is 0 Å². The van der Waals surface area contributed by atoms with Crippen LogP contribution in [0.5, 0.6) is 0 Å². The van der Waals surface area contributed by atoms with Crippen LogP contribution in [-0.2, 0) is 16.6 Å². The van der Waals surface area contributed by atoms with E-state index in [1.165, 1.54) is 0 Å². The van der Waals surface area contributed by atoms with Crippen molar-refractivity contribution in [3.05, 3.63) is 60.0 Å². The molecule has 0 saturated carbocycles. The zero-order chi connectivity index (χ0) is 19.6. The predicted octanol–water partition coefficient (Wildman–Crippen LogP) is 1.83. The number of hydrogen-bond donors (Lipinski definition) is 1. The number of benzene rings is 1. The van der Waals surface area contributed by atoms with Crippen LogP contribution in [0.1, 0.15) is 35.3 Å². The van der Waals surface area contributed by atoms with Gasteiger partial charge in [0, 0.05) is 31.9 Å². The van der Waals surface area contributed by atoms with Crippen molar-refractivity contribution in [2.24, 2.45) is 0 Å². The second kappa shape index (κ2) is 7.69. The summed E-state index contributed by atoms with van der Waals surface area (Å²) in [5.41, 5.74) is 1.72. The van der Waals surface area contributed by atoms with E-state index in [2.05, 4.69) is 15.4 Å². The highest BCUT2D eigenvalue weighted by Crippen LogP contribution is 2.20. The summed E-state index contributed by atoms with van der Waals surface area (Å²) in [4.78, 5) is 16.8. The summed E-state index contributed by atoms with van der Waals surface area (Å²) in [7, 11) is -3.44. The molecule has 28 heavy (non-hydrogen) atoms. The van der Waals surface area contributed by atoms with Gasteiger partial charge in [0.1, 0.15) is 5.69 Å². The summed E-state index contributed by atoms with van der Waals surface area (Å²) in [6.45, 7) is 1.44. The summed E-state index contributed by atoms with van der Waals surface area (Å²) >= 11 is 0. The molecule has 3 heterocycles. The number of sulfonamides is 1. The zero-order valence-corrected chi connectivity index (χ0v) is 16.1. The molecule has 2 aromatic heterocycles. The first-order chi connectivity index (χ1) is 13.5. The first-order valence-corrected chi connectivity index (χ1v) is 10.7. The van der Waals surface area contributed by atoms with Gasteiger partial charge in [-0.25, -0.2) is 17.9 Å². The number of carbonyl (C=O) groups excluding carboxylic acids is 1. The fourth-order valence-electron chi connectivity index (χ4n) is 3.25. The standard InChI is InChI=1S/C19H21N5O3S/c25-19(17-9-13-24-18(22-17)8-10-21-24)20-14-15-4-6-16(7-5-15)28(26,27)23-11-2-1-3-12-23/h4-10,13H,1-3,11-12,14H2,(H,20,25). The van der Waals surface area contributed by atoms with E-state index >= 15 is 0 Å². The van der Waals surface area contributed by atoms with E-state index in [1.807, 2.05) is 0 Å². The Morgan fingerprint density at radius 1 is 1.04 bits per heavy atom. The van der Waals surface area contributed by atoms with E-state index in [9.17, 15) is 13.2 Å². The van der Waals surface area contributed by atoms with Crippen molar-refractivity contribution in [3.8, 4) is 0 Å². The van der Waals surface area contributed by atoms with Gasteiger partial charge in [-0.1, -0.05) is 18.6 Å². The molecule has 1 saturated heterocycles. The van der Waals surface area contributed by atoms with Gasteiger partial charge < -0.3 is 5.32 Å². The number of hydrogen-bond acceptors (Lipinski definition) is 5. The molecule has 146 valence electrons. The Morgan fingerprint density at radius 3 is 2.54 bits per heavy atom. The minimum absolute atomic E-state index is 0.287. The highest BCUT2D eigenvalue weighted by molar-refractivity contribution is 7.89. The van der Waals surface area contributed by atoms with Gasteiger partial charge in [-0.05, 0) is 36.6 Å². The Labute approximate surface area is 163 Å². The monoisotopic (exact) mass is 399 g/mol. The third-order valence-electron chi connectivity index (χ3n) is 4.82. The highest BCUT2D eigenvalue weighted by atomic mass is 32.2. The normalized spacial score (nSPS) is 15.6. The molecular formula is C19H21N5O3S. The molecule has 1 aromatic carbocycles. The topological polar surface area (TPSA) is 96.7 Å². The van der Waals surface area contributed by atoms with Crippen molar-refractivity contribution >= 4 is 21.6 Å². The van der Waals surface area contributed by atoms with Crippen LogP contribution in [0.25, 0.3) is 5.65 Å². The van der Waals surface area contributed by atoms with Crippen molar-refractivity contribution in [2.45, 2.75) is 30.7 Å². The fourth-order valence-corrected chi connectivity index (χ4v) is 4.76. The summed E-state index contributed by atoms with van der Waals surface area (Å²) in [6.07, 6.45) is 6.18. The van der Waals surface area contributed by atoms with E-state index < -0.39 is 10.0 Å². The molecule has 1 aliphatic heterocycles. The van der Waals surface area contributed by atoms with Crippen molar-refractivity contribution in [1.82, 2.24) is 24.2 Å². The quantitative estimate of drug-likeness (QED) is 0.706. The molecule has 9 heteroatoms. The second-order valence-electron chi connectivity index (χ2n) is 6.74. The minimum Gasteiger partial charge on any atom is -0.347 e. The maximum Gasteiger partial charge on any atom is 0.270 e. The molecule has 0 radical (unpaired) electrons. The van der Waals surface area contributed by atoms with Gasteiger partial charge in [-0.2, -0.15) is 9.40 Å². The molecule has 4 rings (SSSR count). The molecule has 0 aliphatic carbocycles. The lowest BCUT2D eigenvalue weighted by Crippen LogP contribution is -2.35. The zero-order valence-electron chi connectivity index (χ0n) is 15.3. The van der Waals surface area contributed by atoms with Gasteiger partial charge in [0.25, 0.3) is 5.91 Å². The van der Waals surface area contributed by atoms with Gasteiger partial charge in [0.05, 0.1) is 11.1 Å². The second-order valence-corrected chi connectivity index (χ2v) is 8.68. The van der Waals surface area contributed by atoms with Crippen molar-refractivity contribution in [2.75, 3.05) is 13.1 Å². The molecule has 1 amide bonds. The maximum absolute atomic E-state index is 12.7. The molecule has 1 N–H and O–H groups in total. The molecule has 0 spiro atoms. The van der Waals surface area contributed by atoms with Crippen molar-refractivity contribution < 1.29 is 13.2 Å². The van der Waals surface area contributed by atoms with Crippen LogP contribution in [0.3, 0.4) is 0 Å². The van der Waals surface area contributed by atoms with Crippen LogP contribution >= 0.6 is 0 Å². The molecule has 0 unspecified atom stereocenters. The third-order valence-corrected chi connectivity index (χ3v) is 6.73. The molecular weight excluding hydrogens is 378 g/mol. The van der Waals surface area contributed by atoms with Crippen LogP contribution in [-0.4, -0.2) is 46.3 Å². The fraction of sp³-hybridized carbons (Fsp3) is 0.316. The van der Waals surface area contributed by atoms with Crippen LogP contribution in [0.2, 0.25) is 0 Å². The molecule has 0 atom stereocenters. The summed E-state index contributed by atoms with van der Waals surface area (Å²) < 4.78 is 28.5. The molecule has 1 aliphatic rings. The number of fused-ring (bicyclic) bond motifs is 1. The maximum atomic E-state index is 12.7. The van der Waals surface area contributed by atoms with Crippen molar-refractivity contribution in [1.29, 1.82) is 0 Å². The molecule has 1 fully saturated rings. The van der Waals surface area contributed by atoms with Crippen LogP contribution < -0.4 is 5.32 Å². The minimum atomic E-state index is -3.44. The average molecular weight is 399 g/mol. The Morgan fingerprint density at radius 2 is 1.79 bits per heavy atom. The number of nitrogens with zero attached hydrogens (tertiary/aromatic N) is 4. The van der Waals surface area contributed by atoms with Crippen molar-refractivity contribution in [3.63, 3.8) is 0 Å². The lowest BCUT2D eigenvalue weighted by molar-refractivity contribution is 0.0946. The van der Waals surface area contributed by atoms with Gasteiger partial charge in [-0.3, -0.25) is 4.79 Å². The van der Waals surface area contributed by atoms with Gasteiger partial charge in [-0.15, -0.1) is 0 Å². The van der Waals surface area contributed by atoms with E-state index in [0.717, 1.165) is 24.8 Å². The summed E-state index contributed by atoms with van der Waals surface area (Å²) in [5.74, 6) is -0.297. The first kappa shape index (κ1) is 18.6. The summed E-state index contributed by atoms with van der Waals surface area (Å²) in [6, 6.07) is 9.97. The molecule has 3 aromatic rings. The van der Waals surface area contributed by atoms with E-state index in [1.54, 1.807) is 57.6 Å². The number of rotatable bonds is 5. The third kappa shape index (κ3) is 3.76. The molecule has 8 nitrogen and oxygen atoms in total. The van der Waals surface area contributed by atoms with Gasteiger partial charge in [0.15, 0.2) is 5.65 Å². The Hall–Kier alpha value is -2.78. The Bertz CT molecular complexity index is 1090. The largest absolute Gasteiger partial charge is 0.347 e. The number of nitrogens with one attached hydrogen (secondary N) is 1. The SMILES string of the molecule is O=C(NCc1ccc(S(=O)(=O)N2CCCCC2)cc1)c1ccn2nccc2n1. The number of carbonyl (C=O) groups is 1. The highest BCUT2D eigenvalue weighted by Gasteiger charge is 2.25. The summed E-state index contributed by atoms with van der Waals surface area (Å²) in [5, 5.41) is 6.85. The van der Waals surface area contributed by atoms with E-state index in [0.29, 0.717) is 24.4 Å². The first-order valence-electron chi connectivity index (χ1n) is 9.22. The van der Waals surface area contributed by atoms with E-state index in [-0.39, 0.29) is 17.3 Å². The Balaban J connectivity index is 1.40. The van der Waals surface area contributed by atoms with Crippen LogP contribution in [0.15, 0.2) is 53.7 Å². The Kier molecular flexibility index (Phi) is 5.10. The number of aromatic nitrogens is 3. The van der Waals surface area contributed by atoms with Crippen LogP contribution in [0.4, 0.5) is 0 Å². The lowest BCUT2D eigenvalue weighted by atomic mass is 10.2. The smallest absolute Gasteiger partial charge is 0.270 e. The van der Waals surface area contributed by atoms with Gasteiger partial charge in [0.2, 0.25) is 10.0 Å². The van der Waals surface area contributed by atoms with Gasteiger partial charge >= 0.3 is 0 Å². The van der Waals surface area contributed by atoms with Crippen LogP contribution in [0, 0.1) is 0 Å². The predicted molar refractivity (Wildman–Crippen MR) is 103 cm³/mol. The number of piperidine rings is 1. The molecule has 0 bridgehead atoms. The number of amides is 1.